The molecule has 0 saturated carbocycles. The Kier molecular flexibility index (Phi) is 11.1. The lowest BCUT2D eigenvalue weighted by Gasteiger charge is -2.22. The zero-order valence-corrected chi connectivity index (χ0v) is 17.4. The minimum Gasteiger partial charge on any atom is -0.356 e. The van der Waals surface area contributed by atoms with Crippen LogP contribution in [0.3, 0.4) is 0 Å². The Balaban J connectivity index is 0.00000529. The molecule has 1 aromatic rings. The van der Waals surface area contributed by atoms with Gasteiger partial charge in [0.2, 0.25) is 10.0 Å². The summed E-state index contributed by atoms with van der Waals surface area (Å²) in [7, 11) is 0.436. The van der Waals surface area contributed by atoms with Crippen molar-refractivity contribution in [2.45, 2.75) is 19.9 Å². The van der Waals surface area contributed by atoms with Crippen LogP contribution in [0.1, 0.15) is 18.9 Å². The van der Waals surface area contributed by atoms with Crippen LogP contribution in [-0.4, -0.2) is 52.2 Å². The first-order valence-corrected chi connectivity index (χ1v) is 9.16. The molecular weight excluding hydrogens is 446 g/mol. The summed E-state index contributed by atoms with van der Waals surface area (Å²) >= 11 is 0. The Morgan fingerprint density at radius 1 is 1.25 bits per heavy atom. The second-order valence-electron chi connectivity index (χ2n) is 5.11. The maximum Gasteiger partial charge on any atom is 0.211 e. The van der Waals surface area contributed by atoms with Crippen LogP contribution in [0.4, 0.5) is 4.39 Å². The van der Waals surface area contributed by atoms with Crippen molar-refractivity contribution in [3.05, 3.63) is 35.6 Å². The van der Waals surface area contributed by atoms with Crippen LogP contribution in [0.15, 0.2) is 29.3 Å². The molecule has 138 valence electrons. The van der Waals surface area contributed by atoms with E-state index in [0.717, 1.165) is 5.56 Å². The van der Waals surface area contributed by atoms with Crippen molar-refractivity contribution in [3.8, 4) is 0 Å². The maximum atomic E-state index is 12.9. The predicted molar refractivity (Wildman–Crippen MR) is 107 cm³/mol. The molecule has 1 rings (SSSR count). The number of hydrogen-bond donors (Lipinski definition) is 2. The fourth-order valence-corrected chi connectivity index (χ4v) is 2.60. The average molecular weight is 472 g/mol. The lowest BCUT2D eigenvalue weighted by Crippen LogP contribution is -2.39. The summed E-state index contributed by atoms with van der Waals surface area (Å²) in [6, 6.07) is 6.33. The van der Waals surface area contributed by atoms with E-state index in [9.17, 15) is 12.8 Å². The van der Waals surface area contributed by atoms with Crippen molar-refractivity contribution in [1.82, 2.24) is 14.9 Å². The topological polar surface area (TPSA) is 73.8 Å². The van der Waals surface area contributed by atoms with E-state index in [0.29, 0.717) is 32.0 Å². The van der Waals surface area contributed by atoms with Crippen molar-refractivity contribution >= 4 is 40.0 Å². The van der Waals surface area contributed by atoms with Gasteiger partial charge in [-0.1, -0.05) is 12.1 Å². The van der Waals surface area contributed by atoms with Gasteiger partial charge in [0, 0.05) is 33.7 Å². The summed E-state index contributed by atoms with van der Waals surface area (Å²) in [5.41, 5.74) is 0.979. The van der Waals surface area contributed by atoms with Crippen LogP contribution in [0, 0.1) is 5.82 Å². The first-order valence-electron chi connectivity index (χ1n) is 7.51. The van der Waals surface area contributed by atoms with E-state index >= 15 is 0 Å². The number of nitrogens with one attached hydrogen (secondary N) is 2. The van der Waals surface area contributed by atoms with E-state index in [1.165, 1.54) is 12.1 Å². The van der Waals surface area contributed by atoms with Gasteiger partial charge in [0.25, 0.3) is 0 Å². The van der Waals surface area contributed by atoms with Crippen molar-refractivity contribution in [3.63, 3.8) is 0 Å². The number of nitrogens with zero attached hydrogens (tertiary/aromatic N) is 2. The van der Waals surface area contributed by atoms with Gasteiger partial charge in [-0.3, -0.25) is 4.99 Å². The molecule has 9 heteroatoms. The maximum absolute atomic E-state index is 12.9. The molecule has 0 atom stereocenters. The summed E-state index contributed by atoms with van der Waals surface area (Å²) in [5, 5.41) is 3.17. The van der Waals surface area contributed by atoms with Gasteiger partial charge in [0.05, 0.1) is 5.75 Å². The molecule has 24 heavy (non-hydrogen) atoms. The SMILES string of the molecule is CCS(=O)(=O)NCCCNC(=NC)N(C)Cc1ccc(F)cc1.I. The molecule has 1 aromatic carbocycles. The van der Waals surface area contributed by atoms with Gasteiger partial charge in [0.1, 0.15) is 5.82 Å². The van der Waals surface area contributed by atoms with Gasteiger partial charge in [-0.25, -0.2) is 17.5 Å². The van der Waals surface area contributed by atoms with E-state index in [1.807, 2.05) is 11.9 Å². The number of aliphatic imine (C=N–C) groups is 1. The highest BCUT2D eigenvalue weighted by atomic mass is 127. The van der Waals surface area contributed by atoms with E-state index in [1.54, 1.807) is 26.1 Å². The van der Waals surface area contributed by atoms with Crippen LogP contribution in [0.25, 0.3) is 0 Å². The van der Waals surface area contributed by atoms with Crippen molar-refractivity contribution in [2.24, 2.45) is 4.99 Å². The first-order chi connectivity index (χ1) is 10.9. The Labute approximate surface area is 161 Å². The number of guanidine groups is 1. The van der Waals surface area contributed by atoms with Crippen molar-refractivity contribution in [1.29, 1.82) is 0 Å². The van der Waals surface area contributed by atoms with Gasteiger partial charge in [-0.15, -0.1) is 24.0 Å². The summed E-state index contributed by atoms with van der Waals surface area (Å²) in [4.78, 5) is 6.10. The molecular formula is C15H26FIN4O2S. The molecule has 0 aliphatic rings. The van der Waals surface area contributed by atoms with Crippen LogP contribution < -0.4 is 10.0 Å². The summed E-state index contributed by atoms with van der Waals surface area (Å²) in [6.07, 6.45) is 0.655. The summed E-state index contributed by atoms with van der Waals surface area (Å²) < 4.78 is 38.0. The predicted octanol–water partition coefficient (Wildman–Crippen LogP) is 1.78. The standard InChI is InChI=1S/C15H25FN4O2S.HI/c1-4-23(21,22)19-11-5-10-18-15(17-2)20(3)12-13-6-8-14(16)9-7-13;/h6-9,19H,4-5,10-12H2,1-3H3,(H,17,18);1H. The highest BCUT2D eigenvalue weighted by Crippen LogP contribution is 2.05. The number of rotatable bonds is 8. The van der Waals surface area contributed by atoms with Crippen LogP contribution >= 0.6 is 24.0 Å². The molecule has 6 nitrogen and oxygen atoms in total. The Hall–Kier alpha value is -0.940. The monoisotopic (exact) mass is 472 g/mol. The highest BCUT2D eigenvalue weighted by molar-refractivity contribution is 14.0. The third-order valence-electron chi connectivity index (χ3n) is 3.25. The van der Waals surface area contributed by atoms with Gasteiger partial charge >= 0.3 is 0 Å². The highest BCUT2D eigenvalue weighted by Gasteiger charge is 2.07. The molecule has 2 N–H and O–H groups in total. The van der Waals surface area contributed by atoms with Gasteiger partial charge in [-0.05, 0) is 31.0 Å². The normalized spacial score (nSPS) is 11.8. The van der Waals surface area contributed by atoms with Gasteiger partial charge in [0.15, 0.2) is 5.96 Å². The van der Waals surface area contributed by atoms with E-state index in [4.69, 9.17) is 0 Å². The molecule has 0 fully saturated rings. The lowest BCUT2D eigenvalue weighted by molar-refractivity contribution is 0.475. The fraction of sp³-hybridized carbons (Fsp3) is 0.533. The van der Waals surface area contributed by atoms with Crippen LogP contribution in [0.5, 0.6) is 0 Å². The average Bonchev–Trinajstić information content (AvgIpc) is 2.53. The molecule has 0 spiro atoms. The zero-order valence-electron chi connectivity index (χ0n) is 14.3. The second kappa shape index (κ2) is 11.6. The number of hydrogen-bond acceptors (Lipinski definition) is 3. The lowest BCUT2D eigenvalue weighted by atomic mass is 10.2. The van der Waals surface area contributed by atoms with Gasteiger partial charge < -0.3 is 10.2 Å². The molecule has 0 radical (unpaired) electrons. The molecule has 0 unspecified atom stereocenters. The van der Waals surface area contributed by atoms with Gasteiger partial charge in [-0.2, -0.15) is 0 Å². The molecule has 0 aliphatic carbocycles. The van der Waals surface area contributed by atoms with Crippen molar-refractivity contribution in [2.75, 3.05) is 32.9 Å². The Bertz CT molecular complexity index is 608. The first kappa shape index (κ1) is 23.1. The molecule has 0 aromatic heterocycles. The Morgan fingerprint density at radius 2 is 1.88 bits per heavy atom. The van der Waals surface area contributed by atoms with Crippen LogP contribution in [0.2, 0.25) is 0 Å². The number of benzene rings is 1. The molecule has 0 bridgehead atoms. The second-order valence-corrected chi connectivity index (χ2v) is 7.20. The minimum absolute atomic E-state index is 0. The zero-order chi connectivity index (χ0) is 17.3. The quantitative estimate of drug-likeness (QED) is 0.262. The minimum atomic E-state index is -3.14. The molecule has 0 saturated heterocycles. The number of sulfonamides is 1. The van der Waals surface area contributed by atoms with E-state index in [2.05, 4.69) is 15.0 Å². The summed E-state index contributed by atoms with van der Waals surface area (Å²) in [5.74, 6) is 0.531. The third kappa shape index (κ3) is 8.78. The summed E-state index contributed by atoms with van der Waals surface area (Å²) in [6.45, 7) is 3.20. The number of halogens is 2. The third-order valence-corrected chi connectivity index (χ3v) is 4.65. The molecule has 0 aliphatic heterocycles. The van der Waals surface area contributed by atoms with E-state index < -0.39 is 10.0 Å². The van der Waals surface area contributed by atoms with E-state index in [-0.39, 0.29) is 35.5 Å². The fourth-order valence-electron chi connectivity index (χ4n) is 1.94. The molecule has 0 amide bonds. The van der Waals surface area contributed by atoms with Crippen LogP contribution in [-0.2, 0) is 16.6 Å². The molecule has 0 heterocycles. The largest absolute Gasteiger partial charge is 0.356 e. The Morgan fingerprint density at radius 3 is 2.42 bits per heavy atom. The van der Waals surface area contributed by atoms with Crippen molar-refractivity contribution < 1.29 is 12.8 Å². The smallest absolute Gasteiger partial charge is 0.211 e.